The van der Waals surface area contributed by atoms with Crippen LogP contribution in [0.3, 0.4) is 0 Å². The van der Waals surface area contributed by atoms with E-state index in [1.54, 1.807) is 7.05 Å². The Morgan fingerprint density at radius 3 is 1.38 bits per heavy atom. The Morgan fingerprint density at radius 1 is 0.643 bits per heavy atom. The van der Waals surface area contributed by atoms with Gasteiger partial charge in [-0.25, -0.2) is 0 Å². The fourth-order valence-electron chi connectivity index (χ4n) is 2.94. The van der Waals surface area contributed by atoms with E-state index in [1.807, 2.05) is 13.2 Å². The molecule has 3 N–H and O–H groups in total. The molecule has 0 bridgehead atoms. The van der Waals surface area contributed by atoms with Gasteiger partial charge in [0.2, 0.25) is 0 Å². The highest BCUT2D eigenvalue weighted by Gasteiger charge is 2.34. The number of carbonyl (C=O) groups is 5. The number of rotatable bonds is 27. The Hall–Kier alpha value is -1.68. The summed E-state index contributed by atoms with van der Waals surface area (Å²) in [5, 5.41) is 2.89. The molecular weight excluding hydrogens is 609 g/mol. The van der Waals surface area contributed by atoms with Crippen LogP contribution in [-0.4, -0.2) is 118 Å². The second-order valence-corrected chi connectivity index (χ2v) is 12.6. The monoisotopic (exact) mass is 656 g/mol. The van der Waals surface area contributed by atoms with Crippen LogP contribution in [0.4, 0.5) is 0 Å². The number of nitrogens with one attached hydrogen (secondary N) is 1. The standard InChI is InChI=1S/C27H48N2O10S3/c1-4-27(19-37-24(32)5-14-40-3,20-38-25(33)8-17-41-15-6-22(30)35-12-10-28)21-39-26(34)9-18-42-16-7-23(31)36-13-11-29-2/h29H,4-21,28H2,1-3H3. The van der Waals surface area contributed by atoms with Crippen molar-refractivity contribution in [3.8, 4) is 0 Å². The Labute approximate surface area is 262 Å². The third-order valence-electron chi connectivity index (χ3n) is 5.68. The average molecular weight is 657 g/mol. The SMILES string of the molecule is CCC(COC(=O)CCSC)(COC(=O)CCSCCC(=O)OCCN)COC(=O)CCSCCC(=O)OCCNC. The van der Waals surface area contributed by atoms with Gasteiger partial charge in [-0.15, -0.1) is 0 Å². The summed E-state index contributed by atoms with van der Waals surface area (Å²) in [6, 6.07) is 0. The molecular formula is C27H48N2O10S3. The summed E-state index contributed by atoms with van der Waals surface area (Å²) in [5.74, 6) is 0.748. The molecule has 0 spiro atoms. The molecule has 0 rings (SSSR count). The molecule has 0 aliphatic rings. The molecule has 0 saturated carbocycles. The maximum absolute atomic E-state index is 12.4. The highest BCUT2D eigenvalue weighted by atomic mass is 32.2. The third kappa shape index (κ3) is 22.9. The van der Waals surface area contributed by atoms with Crippen molar-refractivity contribution < 1.29 is 47.7 Å². The molecule has 0 saturated heterocycles. The van der Waals surface area contributed by atoms with Crippen molar-refractivity contribution in [2.24, 2.45) is 11.1 Å². The van der Waals surface area contributed by atoms with Gasteiger partial charge in [-0.1, -0.05) is 6.92 Å². The van der Waals surface area contributed by atoms with Gasteiger partial charge in [0.15, 0.2) is 0 Å². The van der Waals surface area contributed by atoms with Crippen molar-refractivity contribution in [3.63, 3.8) is 0 Å². The smallest absolute Gasteiger partial charge is 0.306 e. The van der Waals surface area contributed by atoms with E-state index in [1.165, 1.54) is 35.3 Å². The van der Waals surface area contributed by atoms with Crippen LogP contribution in [0.5, 0.6) is 0 Å². The molecule has 1 unspecified atom stereocenters. The topological polar surface area (TPSA) is 170 Å². The minimum atomic E-state index is -0.884. The number of hydrogen-bond acceptors (Lipinski definition) is 15. The van der Waals surface area contributed by atoms with Crippen molar-refractivity contribution >= 4 is 65.1 Å². The van der Waals surface area contributed by atoms with Crippen LogP contribution in [0, 0.1) is 5.41 Å². The molecule has 0 fully saturated rings. The number of hydrogen-bond donors (Lipinski definition) is 2. The highest BCUT2D eigenvalue weighted by molar-refractivity contribution is 7.99. The molecule has 0 aromatic rings. The van der Waals surface area contributed by atoms with Crippen LogP contribution in [0.15, 0.2) is 0 Å². The first-order valence-corrected chi connectivity index (χ1v) is 17.7. The van der Waals surface area contributed by atoms with Gasteiger partial charge in [-0.05, 0) is 19.7 Å². The van der Waals surface area contributed by atoms with E-state index in [9.17, 15) is 24.0 Å². The summed E-state index contributed by atoms with van der Waals surface area (Å²) >= 11 is 4.41. The van der Waals surface area contributed by atoms with E-state index in [-0.39, 0.29) is 83.0 Å². The second-order valence-electron chi connectivity index (χ2n) is 9.14. The van der Waals surface area contributed by atoms with Crippen LogP contribution >= 0.6 is 35.3 Å². The molecule has 0 heterocycles. The van der Waals surface area contributed by atoms with Gasteiger partial charge in [-0.2, -0.15) is 35.3 Å². The lowest BCUT2D eigenvalue weighted by molar-refractivity contribution is -0.162. The minimum absolute atomic E-state index is 0.0542. The number of thioether (sulfide) groups is 3. The summed E-state index contributed by atoms with van der Waals surface area (Å²) < 4.78 is 26.4. The number of ether oxygens (including phenoxy) is 5. The highest BCUT2D eigenvalue weighted by Crippen LogP contribution is 2.25. The van der Waals surface area contributed by atoms with Gasteiger partial charge < -0.3 is 34.7 Å². The first kappa shape index (κ1) is 40.3. The molecule has 0 aromatic heterocycles. The molecule has 0 amide bonds. The predicted octanol–water partition coefficient (Wildman–Crippen LogP) is 2.06. The quantitative estimate of drug-likeness (QED) is 0.0748. The maximum atomic E-state index is 12.4. The van der Waals surface area contributed by atoms with Gasteiger partial charge >= 0.3 is 29.8 Å². The molecule has 244 valence electrons. The summed E-state index contributed by atoms with van der Waals surface area (Å²) in [7, 11) is 1.77. The van der Waals surface area contributed by atoms with Gasteiger partial charge in [0.25, 0.3) is 0 Å². The van der Waals surface area contributed by atoms with Crippen molar-refractivity contribution in [2.45, 2.75) is 45.4 Å². The van der Waals surface area contributed by atoms with Crippen LogP contribution in [0.1, 0.15) is 45.4 Å². The minimum Gasteiger partial charge on any atom is -0.465 e. The van der Waals surface area contributed by atoms with Gasteiger partial charge in [0, 0.05) is 41.9 Å². The van der Waals surface area contributed by atoms with Gasteiger partial charge in [0.1, 0.15) is 33.0 Å². The number of carbonyl (C=O) groups excluding carboxylic acids is 5. The Morgan fingerprint density at radius 2 is 1.02 bits per heavy atom. The predicted molar refractivity (Wildman–Crippen MR) is 167 cm³/mol. The molecule has 0 aliphatic carbocycles. The van der Waals surface area contributed by atoms with Gasteiger partial charge in [0.05, 0.1) is 37.5 Å². The first-order valence-electron chi connectivity index (χ1n) is 14.0. The summed E-state index contributed by atoms with van der Waals surface area (Å²) in [6.07, 6.45) is 3.34. The van der Waals surface area contributed by atoms with E-state index in [4.69, 9.17) is 29.4 Å². The lowest BCUT2D eigenvalue weighted by Gasteiger charge is -2.31. The van der Waals surface area contributed by atoms with Crippen LogP contribution in [0.25, 0.3) is 0 Å². The summed E-state index contributed by atoms with van der Waals surface area (Å²) in [4.78, 5) is 60.1. The largest absolute Gasteiger partial charge is 0.465 e. The van der Waals surface area contributed by atoms with Crippen molar-refractivity contribution in [2.75, 3.05) is 88.2 Å². The zero-order chi connectivity index (χ0) is 31.5. The van der Waals surface area contributed by atoms with E-state index in [0.717, 1.165) is 0 Å². The normalized spacial score (nSPS) is 12.2. The average Bonchev–Trinajstić information content (AvgIpc) is 2.98. The zero-order valence-corrected chi connectivity index (χ0v) is 27.6. The summed E-state index contributed by atoms with van der Waals surface area (Å²) in [5.41, 5.74) is 4.41. The Bertz CT molecular complexity index is 791. The third-order valence-corrected chi connectivity index (χ3v) is 8.26. The van der Waals surface area contributed by atoms with E-state index in [2.05, 4.69) is 5.32 Å². The van der Waals surface area contributed by atoms with Crippen LogP contribution in [0.2, 0.25) is 0 Å². The first-order chi connectivity index (χ1) is 20.2. The van der Waals surface area contributed by atoms with Crippen molar-refractivity contribution in [1.82, 2.24) is 5.32 Å². The molecule has 42 heavy (non-hydrogen) atoms. The summed E-state index contributed by atoms with van der Waals surface area (Å²) in [6.45, 7) is 3.01. The van der Waals surface area contributed by atoms with Crippen molar-refractivity contribution in [1.29, 1.82) is 0 Å². The number of likely N-dealkylation sites (N-methyl/N-ethyl adjacent to an activating group) is 1. The molecule has 1 atom stereocenters. The fourth-order valence-corrected chi connectivity index (χ4v) is 4.97. The molecule has 0 radical (unpaired) electrons. The Kier molecular flexibility index (Phi) is 25.8. The van der Waals surface area contributed by atoms with Gasteiger partial charge in [-0.3, -0.25) is 24.0 Å². The van der Waals surface area contributed by atoms with E-state index in [0.29, 0.717) is 48.3 Å². The maximum Gasteiger partial charge on any atom is 0.306 e. The Balaban J connectivity index is 4.66. The number of esters is 5. The lowest BCUT2D eigenvalue weighted by Crippen LogP contribution is -2.39. The molecule has 15 heteroatoms. The molecule has 12 nitrogen and oxygen atoms in total. The fraction of sp³-hybridized carbons (Fsp3) is 0.815. The van der Waals surface area contributed by atoms with E-state index >= 15 is 0 Å². The van der Waals surface area contributed by atoms with E-state index < -0.39 is 17.4 Å². The molecule has 0 aliphatic heterocycles. The van der Waals surface area contributed by atoms with Crippen LogP contribution in [-0.2, 0) is 47.7 Å². The lowest BCUT2D eigenvalue weighted by atomic mass is 9.88. The van der Waals surface area contributed by atoms with Crippen molar-refractivity contribution in [3.05, 3.63) is 0 Å². The second kappa shape index (κ2) is 26.9. The zero-order valence-electron chi connectivity index (χ0n) is 25.1. The van der Waals surface area contributed by atoms with Crippen LogP contribution < -0.4 is 11.1 Å². The number of nitrogens with two attached hydrogens (primary N) is 1. The molecule has 0 aromatic carbocycles.